The number of esters is 1. The van der Waals surface area contributed by atoms with Gasteiger partial charge in [0.1, 0.15) is 9.77 Å². The lowest BCUT2D eigenvalue weighted by Crippen LogP contribution is -2.30. The predicted molar refractivity (Wildman–Crippen MR) is 71.8 cm³/mol. The minimum atomic E-state index is -3.79. The van der Waals surface area contributed by atoms with Gasteiger partial charge in [0.25, 0.3) is 0 Å². The SMILES string of the molecule is COC(=O)c1scc(C)c1S(=O)(=O)NCC(C)CO. The largest absolute Gasteiger partial charge is 0.465 e. The van der Waals surface area contributed by atoms with Gasteiger partial charge in [-0.3, -0.25) is 0 Å². The Kier molecular flexibility index (Phi) is 5.48. The summed E-state index contributed by atoms with van der Waals surface area (Å²) < 4.78 is 31.3. The van der Waals surface area contributed by atoms with E-state index >= 15 is 0 Å². The van der Waals surface area contributed by atoms with Crippen LogP contribution in [0.4, 0.5) is 0 Å². The van der Waals surface area contributed by atoms with Crippen LogP contribution in [0.3, 0.4) is 0 Å². The highest BCUT2D eigenvalue weighted by Crippen LogP contribution is 2.27. The van der Waals surface area contributed by atoms with Crippen molar-refractivity contribution in [3.05, 3.63) is 15.8 Å². The van der Waals surface area contributed by atoms with Crippen molar-refractivity contribution in [3.63, 3.8) is 0 Å². The highest BCUT2D eigenvalue weighted by atomic mass is 32.2. The van der Waals surface area contributed by atoms with E-state index in [1.165, 1.54) is 7.11 Å². The quantitative estimate of drug-likeness (QED) is 0.757. The third-order valence-corrected chi connectivity index (χ3v) is 5.31. The molecule has 1 rings (SSSR count). The molecule has 0 saturated carbocycles. The number of hydrogen-bond acceptors (Lipinski definition) is 6. The number of thiophene rings is 1. The molecule has 0 spiro atoms. The van der Waals surface area contributed by atoms with E-state index in [-0.39, 0.29) is 28.8 Å². The Balaban J connectivity index is 3.07. The molecular weight excluding hydrogens is 290 g/mol. The van der Waals surface area contributed by atoms with Gasteiger partial charge in [0.2, 0.25) is 10.0 Å². The fourth-order valence-corrected chi connectivity index (χ4v) is 4.26. The normalized spacial score (nSPS) is 13.3. The van der Waals surface area contributed by atoms with Crippen molar-refractivity contribution >= 4 is 27.3 Å². The number of rotatable bonds is 6. The molecule has 0 radical (unpaired) electrons. The third kappa shape index (κ3) is 3.75. The van der Waals surface area contributed by atoms with Crippen LogP contribution in [0.15, 0.2) is 10.3 Å². The Labute approximate surface area is 116 Å². The van der Waals surface area contributed by atoms with E-state index in [2.05, 4.69) is 9.46 Å². The van der Waals surface area contributed by atoms with E-state index in [9.17, 15) is 13.2 Å². The van der Waals surface area contributed by atoms with Crippen LogP contribution >= 0.6 is 11.3 Å². The van der Waals surface area contributed by atoms with Crippen LogP contribution in [0.2, 0.25) is 0 Å². The number of sulfonamides is 1. The molecule has 2 N–H and O–H groups in total. The van der Waals surface area contributed by atoms with Crippen molar-refractivity contribution in [1.82, 2.24) is 4.72 Å². The van der Waals surface area contributed by atoms with Gasteiger partial charge in [0.05, 0.1) is 7.11 Å². The predicted octanol–water partition coefficient (Wildman–Crippen LogP) is 0.750. The fraction of sp³-hybridized carbons (Fsp3) is 0.545. The number of aryl methyl sites for hydroxylation is 1. The molecule has 1 aromatic rings. The maximum Gasteiger partial charge on any atom is 0.349 e. The molecule has 0 aliphatic carbocycles. The number of aliphatic hydroxyl groups is 1. The number of hydrogen-bond donors (Lipinski definition) is 2. The Bertz CT molecular complexity index is 549. The highest BCUT2D eigenvalue weighted by molar-refractivity contribution is 7.89. The van der Waals surface area contributed by atoms with E-state index in [1.807, 2.05) is 0 Å². The molecule has 0 fully saturated rings. The summed E-state index contributed by atoms with van der Waals surface area (Å²) in [5, 5.41) is 10.5. The van der Waals surface area contributed by atoms with Gasteiger partial charge in [0.15, 0.2) is 0 Å². The molecule has 0 saturated heterocycles. The van der Waals surface area contributed by atoms with Crippen LogP contribution in [-0.4, -0.2) is 39.8 Å². The van der Waals surface area contributed by atoms with Crippen molar-refractivity contribution in [3.8, 4) is 0 Å². The van der Waals surface area contributed by atoms with E-state index in [0.29, 0.717) is 5.56 Å². The van der Waals surface area contributed by atoms with Crippen LogP contribution in [-0.2, 0) is 14.8 Å². The van der Waals surface area contributed by atoms with Crippen molar-refractivity contribution < 1.29 is 23.1 Å². The first-order valence-corrected chi connectivity index (χ1v) is 7.96. The molecule has 6 nitrogen and oxygen atoms in total. The zero-order chi connectivity index (χ0) is 14.6. The fourth-order valence-electron chi connectivity index (χ4n) is 1.39. The average molecular weight is 307 g/mol. The number of carbonyl (C=O) groups excluding carboxylic acids is 1. The monoisotopic (exact) mass is 307 g/mol. The van der Waals surface area contributed by atoms with Crippen LogP contribution < -0.4 is 4.72 Å². The first-order valence-electron chi connectivity index (χ1n) is 5.60. The summed E-state index contributed by atoms with van der Waals surface area (Å²) >= 11 is 1.03. The van der Waals surface area contributed by atoms with E-state index < -0.39 is 16.0 Å². The molecule has 0 aliphatic heterocycles. The van der Waals surface area contributed by atoms with Crippen LogP contribution in [0.25, 0.3) is 0 Å². The van der Waals surface area contributed by atoms with E-state index in [4.69, 9.17) is 5.11 Å². The molecule has 19 heavy (non-hydrogen) atoms. The highest BCUT2D eigenvalue weighted by Gasteiger charge is 2.27. The van der Waals surface area contributed by atoms with Gasteiger partial charge in [0, 0.05) is 13.2 Å². The number of carbonyl (C=O) groups is 1. The Morgan fingerprint density at radius 2 is 2.21 bits per heavy atom. The van der Waals surface area contributed by atoms with Crippen molar-refractivity contribution in [2.24, 2.45) is 5.92 Å². The lowest BCUT2D eigenvalue weighted by Gasteiger charge is -2.11. The van der Waals surface area contributed by atoms with Gasteiger partial charge in [-0.2, -0.15) is 0 Å². The number of aliphatic hydroxyl groups excluding tert-OH is 1. The van der Waals surface area contributed by atoms with Gasteiger partial charge in [-0.25, -0.2) is 17.9 Å². The standard InChI is InChI=1S/C11H17NO5S2/c1-7(5-13)4-12-19(15,16)10-8(2)6-18-9(10)11(14)17-3/h6-7,12-13H,4-5H2,1-3H3. The Morgan fingerprint density at radius 1 is 1.58 bits per heavy atom. The van der Waals surface area contributed by atoms with Gasteiger partial charge in [-0.1, -0.05) is 6.92 Å². The van der Waals surface area contributed by atoms with Gasteiger partial charge < -0.3 is 9.84 Å². The van der Waals surface area contributed by atoms with Gasteiger partial charge in [-0.15, -0.1) is 11.3 Å². The van der Waals surface area contributed by atoms with Crippen molar-refractivity contribution in [2.75, 3.05) is 20.3 Å². The summed E-state index contributed by atoms with van der Waals surface area (Å²) in [6.07, 6.45) is 0. The maximum absolute atomic E-state index is 12.2. The number of ether oxygens (including phenoxy) is 1. The Morgan fingerprint density at radius 3 is 2.74 bits per heavy atom. The Hall–Kier alpha value is -0.960. The number of methoxy groups -OCH3 is 1. The summed E-state index contributed by atoms with van der Waals surface area (Å²) in [6, 6.07) is 0. The molecule has 0 amide bonds. The second-order valence-electron chi connectivity index (χ2n) is 4.21. The summed E-state index contributed by atoms with van der Waals surface area (Å²) in [5.41, 5.74) is 0.495. The number of nitrogens with one attached hydrogen (secondary N) is 1. The summed E-state index contributed by atoms with van der Waals surface area (Å²) in [5.74, 6) is -0.871. The maximum atomic E-state index is 12.2. The first kappa shape index (κ1) is 16.1. The molecule has 8 heteroatoms. The molecule has 0 aromatic carbocycles. The van der Waals surface area contributed by atoms with Gasteiger partial charge in [-0.05, 0) is 23.8 Å². The second kappa shape index (κ2) is 6.47. The summed E-state index contributed by atoms with van der Waals surface area (Å²) in [4.78, 5) is 11.6. The zero-order valence-corrected chi connectivity index (χ0v) is 12.6. The van der Waals surface area contributed by atoms with Crippen molar-refractivity contribution in [2.45, 2.75) is 18.7 Å². The second-order valence-corrected chi connectivity index (χ2v) is 6.79. The zero-order valence-electron chi connectivity index (χ0n) is 11.0. The smallest absolute Gasteiger partial charge is 0.349 e. The summed E-state index contributed by atoms with van der Waals surface area (Å²) in [7, 11) is -2.59. The van der Waals surface area contributed by atoms with Crippen LogP contribution in [0.1, 0.15) is 22.2 Å². The molecular formula is C11H17NO5S2. The van der Waals surface area contributed by atoms with Crippen molar-refractivity contribution in [1.29, 1.82) is 0 Å². The van der Waals surface area contributed by atoms with Gasteiger partial charge >= 0.3 is 5.97 Å². The molecule has 1 unspecified atom stereocenters. The third-order valence-electron chi connectivity index (χ3n) is 2.49. The molecule has 108 valence electrons. The van der Waals surface area contributed by atoms with E-state index in [0.717, 1.165) is 11.3 Å². The lowest BCUT2D eigenvalue weighted by atomic mass is 10.2. The summed E-state index contributed by atoms with van der Waals surface area (Å²) in [6.45, 7) is 3.32. The minimum absolute atomic E-state index is 0.0468. The minimum Gasteiger partial charge on any atom is -0.465 e. The molecule has 0 aliphatic rings. The van der Waals surface area contributed by atoms with E-state index in [1.54, 1.807) is 19.2 Å². The molecule has 1 heterocycles. The van der Waals surface area contributed by atoms with Crippen LogP contribution in [0, 0.1) is 12.8 Å². The lowest BCUT2D eigenvalue weighted by molar-refractivity contribution is 0.0602. The average Bonchev–Trinajstić information content (AvgIpc) is 2.77. The molecule has 1 atom stereocenters. The molecule has 0 bridgehead atoms. The van der Waals surface area contributed by atoms with Crippen LogP contribution in [0.5, 0.6) is 0 Å². The first-order chi connectivity index (χ1) is 8.83. The molecule has 1 aromatic heterocycles. The topological polar surface area (TPSA) is 92.7 Å².